The fraction of sp³-hybridized carbons (Fsp3) is 1.00. The van der Waals surface area contributed by atoms with Crippen LogP contribution < -0.4 is 4.72 Å². The normalized spacial score (nSPS) is 26.8. The van der Waals surface area contributed by atoms with Gasteiger partial charge in [-0.1, -0.05) is 19.3 Å². The van der Waals surface area contributed by atoms with Gasteiger partial charge in [-0.15, -0.1) is 0 Å². The quantitative estimate of drug-likeness (QED) is 0.675. The van der Waals surface area contributed by atoms with Crippen LogP contribution in [-0.2, 0) is 19.9 Å². The van der Waals surface area contributed by atoms with Gasteiger partial charge in [0.05, 0.1) is 17.6 Å². The van der Waals surface area contributed by atoms with Gasteiger partial charge >= 0.3 is 0 Å². The maximum absolute atomic E-state index is 11.7. The molecule has 2 N–H and O–H groups in total. The molecule has 1 fully saturated rings. The van der Waals surface area contributed by atoms with Gasteiger partial charge in [0, 0.05) is 12.3 Å². The Morgan fingerprint density at radius 2 is 1.67 bits per heavy atom. The van der Waals surface area contributed by atoms with Crippen molar-refractivity contribution in [3.8, 4) is 0 Å². The molecule has 0 spiro atoms. The Hall–Kier alpha value is -0.180. The molecule has 0 saturated heterocycles. The summed E-state index contributed by atoms with van der Waals surface area (Å²) in [6.07, 6.45) is 4.25. The average Bonchev–Trinajstić information content (AvgIpc) is 2.41. The molecule has 1 saturated carbocycles. The highest BCUT2D eigenvalue weighted by molar-refractivity contribution is 7.93. The summed E-state index contributed by atoms with van der Waals surface area (Å²) in [6.45, 7) is 0. The minimum atomic E-state index is -3.65. The van der Waals surface area contributed by atoms with Crippen LogP contribution in [0.25, 0.3) is 0 Å². The van der Waals surface area contributed by atoms with Crippen LogP contribution in [-0.4, -0.2) is 51.8 Å². The van der Waals surface area contributed by atoms with Gasteiger partial charge in [-0.05, 0) is 12.8 Å². The van der Waals surface area contributed by atoms with E-state index in [9.17, 15) is 21.9 Å². The van der Waals surface area contributed by atoms with Gasteiger partial charge in [-0.2, -0.15) is 0 Å². The van der Waals surface area contributed by atoms with E-state index in [1.807, 2.05) is 0 Å². The van der Waals surface area contributed by atoms with Gasteiger partial charge in [-0.25, -0.2) is 21.6 Å². The third-order valence-corrected chi connectivity index (χ3v) is 5.64. The Labute approximate surface area is 109 Å². The molecule has 1 aliphatic carbocycles. The van der Waals surface area contributed by atoms with Crippen LogP contribution in [0.4, 0.5) is 0 Å². The monoisotopic (exact) mass is 299 g/mol. The van der Waals surface area contributed by atoms with Crippen LogP contribution in [0.2, 0.25) is 0 Å². The summed E-state index contributed by atoms with van der Waals surface area (Å²) in [5.41, 5.74) is 0. The summed E-state index contributed by atoms with van der Waals surface area (Å²) in [5, 5.41) is 9.80. The number of nitrogens with one attached hydrogen (secondary N) is 1. The molecule has 6 nitrogen and oxygen atoms in total. The number of sulfone groups is 1. The molecule has 8 heteroatoms. The zero-order valence-corrected chi connectivity index (χ0v) is 12.1. The van der Waals surface area contributed by atoms with E-state index >= 15 is 0 Å². The summed E-state index contributed by atoms with van der Waals surface area (Å²) in [6, 6.07) is -0.489. The number of hydrogen-bond donors (Lipinski definition) is 2. The topological polar surface area (TPSA) is 101 Å². The summed E-state index contributed by atoms with van der Waals surface area (Å²) in [5.74, 6) is -0.847. The van der Waals surface area contributed by atoms with Crippen molar-refractivity contribution in [2.75, 3.05) is 17.8 Å². The van der Waals surface area contributed by atoms with E-state index in [0.717, 1.165) is 25.5 Å². The average molecular weight is 299 g/mol. The Balaban J connectivity index is 2.58. The lowest BCUT2D eigenvalue weighted by atomic mass is 10.1. The fourth-order valence-corrected chi connectivity index (χ4v) is 4.92. The molecule has 0 aliphatic heterocycles. The molecule has 1 rings (SSSR count). The van der Waals surface area contributed by atoms with Gasteiger partial charge in [0.2, 0.25) is 10.0 Å². The summed E-state index contributed by atoms with van der Waals surface area (Å²) in [7, 11) is -6.95. The molecule has 0 radical (unpaired) electrons. The van der Waals surface area contributed by atoms with Crippen molar-refractivity contribution in [3.05, 3.63) is 0 Å². The predicted molar refractivity (Wildman–Crippen MR) is 69.5 cm³/mol. The van der Waals surface area contributed by atoms with Gasteiger partial charge < -0.3 is 5.11 Å². The van der Waals surface area contributed by atoms with Crippen LogP contribution in [0, 0.1) is 0 Å². The molecule has 108 valence electrons. The first-order valence-electron chi connectivity index (χ1n) is 6.05. The molecule has 2 unspecified atom stereocenters. The molecule has 0 aromatic heterocycles. The number of sulfonamides is 1. The molecular formula is C10H21NO5S2. The van der Waals surface area contributed by atoms with E-state index in [0.29, 0.717) is 12.8 Å². The van der Waals surface area contributed by atoms with Gasteiger partial charge in [-0.3, -0.25) is 0 Å². The second kappa shape index (κ2) is 6.31. The van der Waals surface area contributed by atoms with Gasteiger partial charge in [0.15, 0.2) is 0 Å². The standard InChI is InChI=1S/C10H21NO5S2/c1-17(13,14)7-8-18(15,16)11-9-5-3-2-4-6-10(9)12/h9-12H,2-8H2,1H3. The van der Waals surface area contributed by atoms with Crippen molar-refractivity contribution in [1.82, 2.24) is 4.72 Å². The minimum Gasteiger partial charge on any atom is -0.391 e. The summed E-state index contributed by atoms with van der Waals surface area (Å²) < 4.78 is 47.7. The third kappa shape index (κ3) is 6.12. The maximum atomic E-state index is 11.7. The second-order valence-electron chi connectivity index (χ2n) is 4.88. The smallest absolute Gasteiger partial charge is 0.212 e. The number of rotatable bonds is 5. The SMILES string of the molecule is CS(=O)(=O)CCS(=O)(=O)NC1CCCCCC1O. The van der Waals surface area contributed by atoms with Crippen LogP contribution in [0.1, 0.15) is 32.1 Å². The lowest BCUT2D eigenvalue weighted by Crippen LogP contribution is -2.44. The first-order chi connectivity index (χ1) is 8.20. The number of aliphatic hydroxyl groups is 1. The molecule has 2 atom stereocenters. The highest BCUT2D eigenvalue weighted by atomic mass is 32.2. The molecular weight excluding hydrogens is 278 g/mol. The van der Waals surface area contributed by atoms with Crippen LogP contribution in [0.5, 0.6) is 0 Å². The highest BCUT2D eigenvalue weighted by Gasteiger charge is 2.26. The molecule has 0 aromatic rings. The van der Waals surface area contributed by atoms with Crippen molar-refractivity contribution >= 4 is 19.9 Å². The minimum absolute atomic E-state index is 0.398. The molecule has 0 amide bonds. The van der Waals surface area contributed by atoms with E-state index in [1.54, 1.807) is 0 Å². The van der Waals surface area contributed by atoms with Crippen LogP contribution >= 0.6 is 0 Å². The summed E-state index contributed by atoms with van der Waals surface area (Å²) >= 11 is 0. The molecule has 0 heterocycles. The van der Waals surface area contributed by atoms with E-state index in [4.69, 9.17) is 0 Å². The largest absolute Gasteiger partial charge is 0.391 e. The maximum Gasteiger partial charge on any atom is 0.212 e. The Bertz CT molecular complexity index is 457. The zero-order chi connectivity index (χ0) is 13.8. The lowest BCUT2D eigenvalue weighted by molar-refractivity contribution is 0.130. The van der Waals surface area contributed by atoms with Crippen molar-refractivity contribution < 1.29 is 21.9 Å². The molecule has 18 heavy (non-hydrogen) atoms. The molecule has 0 aromatic carbocycles. The Morgan fingerprint density at radius 1 is 1.06 bits per heavy atom. The first-order valence-corrected chi connectivity index (χ1v) is 9.77. The van der Waals surface area contributed by atoms with Crippen molar-refractivity contribution in [1.29, 1.82) is 0 Å². The van der Waals surface area contributed by atoms with Crippen LogP contribution in [0.3, 0.4) is 0 Å². The van der Waals surface area contributed by atoms with Gasteiger partial charge in [0.25, 0.3) is 0 Å². The number of hydrogen-bond acceptors (Lipinski definition) is 5. The zero-order valence-electron chi connectivity index (χ0n) is 10.5. The fourth-order valence-electron chi connectivity index (χ4n) is 1.98. The van der Waals surface area contributed by atoms with E-state index in [1.165, 1.54) is 0 Å². The lowest BCUT2D eigenvalue weighted by Gasteiger charge is -2.21. The highest BCUT2D eigenvalue weighted by Crippen LogP contribution is 2.18. The van der Waals surface area contributed by atoms with Crippen molar-refractivity contribution in [2.45, 2.75) is 44.2 Å². The van der Waals surface area contributed by atoms with Crippen molar-refractivity contribution in [2.24, 2.45) is 0 Å². The molecule has 0 bridgehead atoms. The summed E-state index contributed by atoms with van der Waals surface area (Å²) in [4.78, 5) is 0. The van der Waals surface area contributed by atoms with E-state index in [-0.39, 0.29) is 0 Å². The second-order valence-corrected chi connectivity index (χ2v) is 9.01. The van der Waals surface area contributed by atoms with E-state index < -0.39 is 43.5 Å². The van der Waals surface area contributed by atoms with E-state index in [2.05, 4.69) is 4.72 Å². The Morgan fingerprint density at radius 3 is 2.28 bits per heavy atom. The van der Waals surface area contributed by atoms with Crippen LogP contribution in [0.15, 0.2) is 0 Å². The Kier molecular flexibility index (Phi) is 5.57. The number of aliphatic hydroxyl groups excluding tert-OH is 1. The first kappa shape index (κ1) is 15.9. The molecule has 1 aliphatic rings. The van der Waals surface area contributed by atoms with Crippen molar-refractivity contribution in [3.63, 3.8) is 0 Å². The third-order valence-electron chi connectivity index (χ3n) is 3.03. The predicted octanol–water partition coefficient (Wildman–Crippen LogP) is -0.356. The van der Waals surface area contributed by atoms with Gasteiger partial charge in [0.1, 0.15) is 9.84 Å².